The first-order chi connectivity index (χ1) is 33.6. The van der Waals surface area contributed by atoms with E-state index in [0.717, 1.165) is 18.4 Å². The van der Waals surface area contributed by atoms with Gasteiger partial charge < -0.3 is 66.2 Å². The average molecular weight is 977 g/mol. The van der Waals surface area contributed by atoms with E-state index in [-0.39, 0.29) is 106 Å². The van der Waals surface area contributed by atoms with Crippen molar-refractivity contribution in [1.29, 1.82) is 0 Å². The van der Waals surface area contributed by atoms with Crippen LogP contribution in [0.2, 0.25) is 0 Å². The second-order valence-corrected chi connectivity index (χ2v) is 15.9. The molecule has 9 N–H and O–H groups in total. The number of esters is 1. The third-order valence-electron chi connectivity index (χ3n) is 10.2. The van der Waals surface area contributed by atoms with Crippen molar-refractivity contribution in [2.24, 2.45) is 5.92 Å². The first-order valence-corrected chi connectivity index (χ1v) is 22.9. The van der Waals surface area contributed by atoms with Crippen molar-refractivity contribution in [3.8, 4) is 23.5 Å². The number of phenolic OH excluding ortho intramolecular Hbond substituents is 1. The monoisotopic (exact) mass is 976 g/mol. The smallest absolute Gasteiger partial charge is 0.320 e. The number of anilines is 1. The summed E-state index contributed by atoms with van der Waals surface area (Å²) in [7, 11) is 1.39. The second-order valence-electron chi connectivity index (χ2n) is 15.9. The standard InChI is InChI=1S/C47H64N10O13/c1-6-8-21-70-46-55-41(48)40-42(56-46)57(47(65)54-40)28-31-9-13-32(14-10-31)43(62)49-19-22-67-24-25-68-23-20-50-44(63)33(15-18-38(61)69-7-2)52-45(64)39(29(3)4)53-37(60)27-51-36(59)17-12-30-11-16-34(58)35(26-30)66-5/h9-14,16-17,26,29,33,39,58H,6-8,15,18-25,27-28H2,1-5H3,(H,49,62)(H,50,63)(H,51,59)(H,52,64)(H,53,60)(H,54,65)(H2,48,55,56)/b17-12+/t33-,39+/m1/s1. The Hall–Kier alpha value is -7.53. The number of benzene rings is 2. The molecular formula is C47H64N10O13. The highest BCUT2D eigenvalue weighted by molar-refractivity contribution is 5.96. The van der Waals surface area contributed by atoms with Gasteiger partial charge in [0.1, 0.15) is 12.1 Å². The minimum Gasteiger partial charge on any atom is -0.504 e. The molecule has 0 aliphatic rings. The Morgan fingerprint density at radius 2 is 1.56 bits per heavy atom. The summed E-state index contributed by atoms with van der Waals surface area (Å²) in [6.07, 6.45) is 4.17. The number of hydrogen-bond acceptors (Lipinski definition) is 17. The highest BCUT2D eigenvalue weighted by Crippen LogP contribution is 2.27. The Kier molecular flexibility index (Phi) is 22.6. The van der Waals surface area contributed by atoms with Crippen LogP contribution < -0.4 is 41.8 Å². The van der Waals surface area contributed by atoms with Crippen molar-refractivity contribution < 1.29 is 62.7 Å². The zero-order valence-corrected chi connectivity index (χ0v) is 40.1. The number of carbonyl (C=O) groups is 6. The highest BCUT2D eigenvalue weighted by atomic mass is 16.5. The summed E-state index contributed by atoms with van der Waals surface area (Å²) >= 11 is 0. The van der Waals surface area contributed by atoms with Crippen molar-refractivity contribution in [2.75, 3.05) is 72.1 Å². The lowest BCUT2D eigenvalue weighted by Gasteiger charge is -2.25. The second kappa shape index (κ2) is 28.7. The minimum absolute atomic E-state index is 0.0610. The zero-order chi connectivity index (χ0) is 51.0. The first kappa shape index (κ1) is 55.1. The van der Waals surface area contributed by atoms with E-state index in [1.165, 1.54) is 36.0 Å². The Morgan fingerprint density at radius 3 is 2.23 bits per heavy atom. The van der Waals surface area contributed by atoms with Gasteiger partial charge in [-0.3, -0.25) is 33.3 Å². The molecule has 23 heteroatoms. The molecule has 0 spiro atoms. The van der Waals surface area contributed by atoms with Gasteiger partial charge >= 0.3 is 12.0 Å². The molecule has 5 amide bonds. The molecule has 0 saturated heterocycles. The van der Waals surface area contributed by atoms with Gasteiger partial charge in [0, 0.05) is 31.1 Å². The summed E-state index contributed by atoms with van der Waals surface area (Å²) in [5.41, 5.74) is 8.36. The maximum absolute atomic E-state index is 13.4. The van der Waals surface area contributed by atoms with Crippen molar-refractivity contribution in [2.45, 2.75) is 72.0 Å². The van der Waals surface area contributed by atoms with E-state index in [1.54, 1.807) is 51.1 Å². The SMILES string of the molecule is CCCCOc1nc(N)c2nc(O)n(Cc3ccc(C(=O)NCCOCCOCCNC(=O)[C@@H](CCC(=O)OCC)NC(=O)[C@@H](NC(=O)CNC(=O)/C=C/c4ccc(O)c(OC)c4)C(C)C)cc3)c2n1. The van der Waals surface area contributed by atoms with Gasteiger partial charge in [-0.2, -0.15) is 15.0 Å². The lowest BCUT2D eigenvalue weighted by molar-refractivity contribution is -0.143. The number of carbonyl (C=O) groups excluding carboxylic acids is 6. The van der Waals surface area contributed by atoms with E-state index in [0.29, 0.717) is 23.4 Å². The summed E-state index contributed by atoms with van der Waals surface area (Å²) in [4.78, 5) is 89.4. The molecule has 0 fully saturated rings. The molecule has 2 aromatic heterocycles. The van der Waals surface area contributed by atoms with Crippen LogP contribution in [0.25, 0.3) is 17.2 Å². The van der Waals surface area contributed by atoms with Gasteiger partial charge in [0.05, 0.1) is 59.8 Å². The van der Waals surface area contributed by atoms with Crippen molar-refractivity contribution >= 4 is 58.6 Å². The Balaban J connectivity index is 1.15. The molecular weight excluding hydrogens is 913 g/mol. The van der Waals surface area contributed by atoms with Gasteiger partial charge in [-0.05, 0) is 67.2 Å². The molecule has 4 aromatic rings. The lowest BCUT2D eigenvalue weighted by atomic mass is 10.0. The van der Waals surface area contributed by atoms with Crippen LogP contribution in [0.5, 0.6) is 23.5 Å². The van der Waals surface area contributed by atoms with Gasteiger partial charge in [0.2, 0.25) is 23.6 Å². The molecule has 0 saturated carbocycles. The van der Waals surface area contributed by atoms with Crippen molar-refractivity contribution in [1.82, 2.24) is 46.1 Å². The number of nitrogens with one attached hydrogen (secondary N) is 5. The van der Waals surface area contributed by atoms with Gasteiger partial charge in [-0.15, -0.1) is 0 Å². The fraction of sp³-hybridized carbons (Fsp3) is 0.468. The van der Waals surface area contributed by atoms with Crippen molar-refractivity contribution in [3.05, 3.63) is 65.2 Å². The summed E-state index contributed by atoms with van der Waals surface area (Å²) in [5, 5.41) is 33.4. The van der Waals surface area contributed by atoms with E-state index < -0.39 is 54.1 Å². The number of phenols is 1. The van der Waals surface area contributed by atoms with E-state index in [2.05, 4.69) is 41.5 Å². The molecule has 2 atom stereocenters. The van der Waals surface area contributed by atoms with Gasteiger partial charge in [-0.1, -0.05) is 45.4 Å². The van der Waals surface area contributed by atoms with Gasteiger partial charge in [0.15, 0.2) is 28.5 Å². The van der Waals surface area contributed by atoms with Gasteiger partial charge in [0.25, 0.3) is 11.9 Å². The molecule has 0 aliphatic heterocycles. The van der Waals surface area contributed by atoms with Crippen molar-refractivity contribution in [3.63, 3.8) is 0 Å². The number of ether oxygens (including phenoxy) is 5. The first-order valence-electron chi connectivity index (χ1n) is 22.9. The zero-order valence-electron chi connectivity index (χ0n) is 40.1. The molecule has 70 heavy (non-hydrogen) atoms. The maximum atomic E-state index is 13.4. The number of amides is 5. The van der Waals surface area contributed by atoms with Crippen LogP contribution in [-0.4, -0.2) is 144 Å². The number of aromatic hydroxyl groups is 2. The molecule has 0 bridgehead atoms. The third-order valence-corrected chi connectivity index (χ3v) is 10.2. The van der Waals surface area contributed by atoms with E-state index in [1.807, 2.05) is 6.92 Å². The highest BCUT2D eigenvalue weighted by Gasteiger charge is 2.29. The maximum Gasteiger partial charge on any atom is 0.320 e. The molecule has 0 unspecified atom stereocenters. The molecule has 23 nitrogen and oxygen atoms in total. The number of unbranched alkanes of at least 4 members (excludes halogenated alkanes) is 1. The van der Waals surface area contributed by atoms with E-state index in [4.69, 9.17) is 29.4 Å². The van der Waals surface area contributed by atoms with Gasteiger partial charge in [-0.25, -0.2) is 0 Å². The lowest BCUT2D eigenvalue weighted by Crippen LogP contribution is -2.56. The Bertz CT molecular complexity index is 2410. The molecule has 2 heterocycles. The molecule has 4 rings (SSSR count). The fourth-order valence-electron chi connectivity index (χ4n) is 6.46. The predicted molar refractivity (Wildman–Crippen MR) is 256 cm³/mol. The van der Waals surface area contributed by atoms with Crippen LogP contribution in [0.1, 0.15) is 74.9 Å². The molecule has 0 radical (unpaired) electrons. The Morgan fingerprint density at radius 1 is 0.843 bits per heavy atom. The summed E-state index contributed by atoms with van der Waals surface area (Å²) in [6, 6.07) is 8.87. The number of nitrogens with two attached hydrogens (primary N) is 1. The number of hydrogen-bond donors (Lipinski definition) is 8. The number of rotatable bonds is 30. The summed E-state index contributed by atoms with van der Waals surface area (Å²) < 4.78 is 28.3. The quantitative estimate of drug-likeness (QED) is 0.0210. The number of aromatic nitrogens is 4. The van der Waals surface area contributed by atoms with Crippen LogP contribution in [-0.2, 0) is 44.7 Å². The summed E-state index contributed by atoms with van der Waals surface area (Å²) in [5.74, 6) is -3.55. The van der Waals surface area contributed by atoms with E-state index in [9.17, 15) is 39.0 Å². The fourth-order valence-corrected chi connectivity index (χ4v) is 6.46. The number of nitrogens with zero attached hydrogens (tertiary/aromatic N) is 4. The van der Waals surface area contributed by atoms with Crippen LogP contribution >= 0.6 is 0 Å². The van der Waals surface area contributed by atoms with E-state index >= 15 is 0 Å². The van der Waals surface area contributed by atoms with Crippen LogP contribution in [0.3, 0.4) is 0 Å². The average Bonchev–Trinajstić information content (AvgIpc) is 3.65. The normalized spacial score (nSPS) is 12.0. The third kappa shape index (κ3) is 17.8. The number of fused-ring (bicyclic) bond motifs is 1. The Labute approximate surface area is 405 Å². The topological polar surface area (TPSA) is 319 Å². The predicted octanol–water partition coefficient (Wildman–Crippen LogP) is 1.73. The largest absolute Gasteiger partial charge is 0.504 e. The number of nitrogen functional groups attached to an aromatic ring is 1. The molecule has 380 valence electrons. The minimum atomic E-state index is -1.16. The molecule has 2 aromatic carbocycles. The van der Waals surface area contributed by atoms with Crippen LogP contribution in [0.15, 0.2) is 48.5 Å². The number of imidazole rings is 1. The number of methoxy groups -OCH3 is 1. The molecule has 0 aliphatic carbocycles. The van der Waals surface area contributed by atoms with Crippen LogP contribution in [0.4, 0.5) is 5.82 Å². The summed E-state index contributed by atoms with van der Waals surface area (Å²) in [6.45, 7) is 8.35. The van der Waals surface area contributed by atoms with Crippen LogP contribution in [0, 0.1) is 5.92 Å².